The third-order valence-corrected chi connectivity index (χ3v) is 4.86. The Morgan fingerprint density at radius 1 is 1.08 bits per heavy atom. The molecule has 0 radical (unpaired) electrons. The van der Waals surface area contributed by atoms with Crippen LogP contribution in [0.15, 0.2) is 45.1 Å². The van der Waals surface area contributed by atoms with E-state index in [4.69, 9.17) is 0 Å². The lowest BCUT2D eigenvalue weighted by molar-refractivity contribution is 0.606. The highest BCUT2D eigenvalue weighted by atomic mass is 32.2. The fraction of sp³-hybridized carbons (Fsp3) is 0.353. The molecule has 6 nitrogen and oxygen atoms in total. The summed E-state index contributed by atoms with van der Waals surface area (Å²) in [5.74, 6) is 0. The van der Waals surface area contributed by atoms with E-state index < -0.39 is 0 Å². The number of hydrogen-bond donors (Lipinski definition) is 0. The van der Waals surface area contributed by atoms with Gasteiger partial charge in [-0.1, -0.05) is 42.1 Å². The van der Waals surface area contributed by atoms with Crippen LogP contribution in [0.4, 0.5) is 0 Å². The lowest BCUT2D eigenvalue weighted by Gasteiger charge is -2.08. The number of hydrogen-bond acceptors (Lipinski definition) is 4. The molecule has 3 rings (SSSR count). The summed E-state index contributed by atoms with van der Waals surface area (Å²) in [5, 5.41) is 0.761. The van der Waals surface area contributed by atoms with Crippen molar-refractivity contribution in [3.8, 4) is 0 Å². The van der Waals surface area contributed by atoms with Gasteiger partial charge in [0.1, 0.15) is 0 Å². The van der Waals surface area contributed by atoms with Crippen molar-refractivity contribution in [1.82, 2.24) is 18.7 Å². The number of thioether (sulfide) groups is 1. The minimum Gasteiger partial charge on any atom is -0.313 e. The smallest absolute Gasteiger partial charge is 0.313 e. The van der Waals surface area contributed by atoms with E-state index in [1.807, 2.05) is 29.0 Å². The zero-order chi connectivity index (χ0) is 17.3. The van der Waals surface area contributed by atoms with Crippen LogP contribution in [0.5, 0.6) is 0 Å². The van der Waals surface area contributed by atoms with Gasteiger partial charge in [0, 0.05) is 20.6 Å². The van der Waals surface area contributed by atoms with Crippen molar-refractivity contribution < 1.29 is 0 Å². The van der Waals surface area contributed by atoms with Crippen molar-refractivity contribution in [2.45, 2.75) is 24.5 Å². The van der Waals surface area contributed by atoms with Gasteiger partial charge in [-0.05, 0) is 24.7 Å². The highest BCUT2D eigenvalue weighted by Gasteiger charge is 2.18. The topological polar surface area (TPSA) is 61.8 Å². The molecule has 0 spiro atoms. The maximum Gasteiger partial charge on any atom is 0.332 e. The summed E-state index contributed by atoms with van der Waals surface area (Å²) in [4.78, 5) is 29.1. The molecule has 24 heavy (non-hydrogen) atoms. The number of aromatic nitrogens is 4. The third-order valence-electron chi connectivity index (χ3n) is 4.19. The molecule has 1 aromatic carbocycles. The number of aryl methyl sites for hydroxylation is 3. The van der Waals surface area contributed by atoms with Crippen LogP contribution >= 0.6 is 11.8 Å². The molecule has 0 aliphatic rings. The average Bonchev–Trinajstić information content (AvgIpc) is 2.98. The van der Waals surface area contributed by atoms with Gasteiger partial charge in [-0.2, -0.15) is 0 Å². The van der Waals surface area contributed by atoms with Crippen LogP contribution in [0.25, 0.3) is 11.2 Å². The van der Waals surface area contributed by atoms with E-state index in [2.05, 4.69) is 17.1 Å². The van der Waals surface area contributed by atoms with Crippen LogP contribution in [0.3, 0.4) is 0 Å². The van der Waals surface area contributed by atoms with Crippen molar-refractivity contribution in [3.63, 3.8) is 0 Å². The van der Waals surface area contributed by atoms with E-state index in [0.717, 1.165) is 22.6 Å². The van der Waals surface area contributed by atoms with Crippen molar-refractivity contribution in [2.24, 2.45) is 14.1 Å². The SMILES string of the molecule is CSc1nc2c(c(=O)n(C)c(=O)n2C)n1CCCc1ccccc1. The van der Waals surface area contributed by atoms with E-state index in [1.54, 1.807) is 7.05 Å². The van der Waals surface area contributed by atoms with Gasteiger partial charge >= 0.3 is 5.69 Å². The Kier molecular flexibility index (Phi) is 4.62. The monoisotopic (exact) mass is 344 g/mol. The van der Waals surface area contributed by atoms with Gasteiger partial charge in [0.15, 0.2) is 16.3 Å². The first kappa shape index (κ1) is 16.6. The molecule has 0 aliphatic carbocycles. The number of fused-ring (bicyclic) bond motifs is 1. The summed E-state index contributed by atoms with van der Waals surface area (Å²) in [5.41, 5.74) is 1.58. The van der Waals surface area contributed by atoms with Crippen LogP contribution in [-0.4, -0.2) is 24.9 Å². The summed E-state index contributed by atoms with van der Waals surface area (Å²) in [6, 6.07) is 10.3. The molecule has 0 saturated carbocycles. The number of nitrogens with zero attached hydrogens (tertiary/aromatic N) is 4. The quantitative estimate of drug-likeness (QED) is 0.662. The first-order chi connectivity index (χ1) is 11.5. The third kappa shape index (κ3) is 2.80. The summed E-state index contributed by atoms with van der Waals surface area (Å²) < 4.78 is 4.51. The van der Waals surface area contributed by atoms with Crippen molar-refractivity contribution in [1.29, 1.82) is 0 Å². The van der Waals surface area contributed by atoms with E-state index in [-0.39, 0.29) is 11.2 Å². The predicted octanol–water partition coefficient (Wildman–Crippen LogP) is 1.79. The molecule has 0 bridgehead atoms. The first-order valence-electron chi connectivity index (χ1n) is 7.78. The van der Waals surface area contributed by atoms with Crippen LogP contribution in [0, 0.1) is 0 Å². The molecule has 7 heteroatoms. The van der Waals surface area contributed by atoms with Gasteiger partial charge in [-0.3, -0.25) is 13.9 Å². The van der Waals surface area contributed by atoms with Gasteiger partial charge in [0.25, 0.3) is 5.56 Å². The lowest BCUT2D eigenvalue weighted by Crippen LogP contribution is -2.37. The molecule has 126 valence electrons. The van der Waals surface area contributed by atoms with Gasteiger partial charge in [0.2, 0.25) is 0 Å². The summed E-state index contributed by atoms with van der Waals surface area (Å²) >= 11 is 1.48. The number of benzene rings is 1. The van der Waals surface area contributed by atoms with Crippen molar-refractivity contribution in [2.75, 3.05) is 6.26 Å². The maximum atomic E-state index is 12.6. The van der Waals surface area contributed by atoms with E-state index >= 15 is 0 Å². The van der Waals surface area contributed by atoms with Gasteiger partial charge in [-0.15, -0.1) is 0 Å². The van der Waals surface area contributed by atoms with E-state index in [9.17, 15) is 9.59 Å². The molecule has 0 fully saturated rings. The molecule has 0 N–H and O–H groups in total. The molecule has 0 atom stereocenters. The molecule has 2 aromatic heterocycles. The first-order valence-corrected chi connectivity index (χ1v) is 9.01. The summed E-state index contributed by atoms with van der Waals surface area (Å²) in [6.45, 7) is 0.689. The highest BCUT2D eigenvalue weighted by Crippen LogP contribution is 2.20. The molecule has 3 aromatic rings. The fourth-order valence-corrected chi connectivity index (χ4v) is 3.46. The minimum atomic E-state index is -0.353. The van der Waals surface area contributed by atoms with E-state index in [1.165, 1.54) is 28.9 Å². The fourth-order valence-electron chi connectivity index (χ4n) is 2.88. The predicted molar refractivity (Wildman–Crippen MR) is 96.8 cm³/mol. The minimum absolute atomic E-state index is 0.291. The normalized spacial score (nSPS) is 11.3. The average molecular weight is 344 g/mol. The zero-order valence-electron chi connectivity index (χ0n) is 14.0. The Morgan fingerprint density at radius 2 is 1.79 bits per heavy atom. The molecule has 0 amide bonds. The highest BCUT2D eigenvalue weighted by molar-refractivity contribution is 7.98. The van der Waals surface area contributed by atoms with Crippen molar-refractivity contribution >= 4 is 22.9 Å². The van der Waals surface area contributed by atoms with Crippen LogP contribution in [0.2, 0.25) is 0 Å². The summed E-state index contributed by atoms with van der Waals surface area (Å²) in [7, 11) is 3.15. The Morgan fingerprint density at radius 3 is 2.46 bits per heavy atom. The maximum absolute atomic E-state index is 12.6. The Bertz CT molecular complexity index is 986. The standard InChI is InChI=1S/C17H20N4O2S/c1-19-14-13(15(22)20(2)17(19)23)21(16(18-14)24-3)11-7-10-12-8-5-4-6-9-12/h4-6,8-9H,7,10-11H2,1-3H3. The Hall–Kier alpha value is -2.28. The van der Waals surface area contributed by atoms with Crippen LogP contribution < -0.4 is 11.2 Å². The second kappa shape index (κ2) is 6.68. The molecular weight excluding hydrogens is 324 g/mol. The Balaban J connectivity index is 2.00. The zero-order valence-corrected chi connectivity index (χ0v) is 14.8. The van der Waals surface area contributed by atoms with Gasteiger partial charge in [0.05, 0.1) is 0 Å². The summed E-state index contributed by atoms with van der Waals surface area (Å²) in [6.07, 6.45) is 3.76. The number of rotatable bonds is 5. The number of imidazole rings is 1. The second-order valence-corrected chi connectivity index (χ2v) is 6.49. The van der Waals surface area contributed by atoms with Gasteiger partial charge < -0.3 is 4.57 Å². The largest absolute Gasteiger partial charge is 0.332 e. The van der Waals surface area contributed by atoms with Crippen LogP contribution in [0.1, 0.15) is 12.0 Å². The lowest BCUT2D eigenvalue weighted by atomic mass is 10.1. The molecule has 2 heterocycles. The van der Waals surface area contributed by atoms with Gasteiger partial charge in [-0.25, -0.2) is 9.78 Å². The molecular formula is C17H20N4O2S. The Labute approximate surface area is 143 Å². The molecule has 0 aliphatic heterocycles. The molecule has 0 saturated heterocycles. The van der Waals surface area contributed by atoms with E-state index in [0.29, 0.717) is 17.7 Å². The second-order valence-electron chi connectivity index (χ2n) is 5.72. The van der Waals surface area contributed by atoms with Crippen molar-refractivity contribution in [3.05, 3.63) is 56.7 Å². The molecule has 0 unspecified atom stereocenters. The van der Waals surface area contributed by atoms with Crippen LogP contribution in [-0.2, 0) is 27.1 Å².